The van der Waals surface area contributed by atoms with Gasteiger partial charge in [-0.25, -0.2) is 4.98 Å². The number of fused-ring (bicyclic) bond motifs is 1. The van der Waals surface area contributed by atoms with Gasteiger partial charge < -0.3 is 9.80 Å². The van der Waals surface area contributed by atoms with Crippen LogP contribution >= 0.6 is 0 Å². The summed E-state index contributed by atoms with van der Waals surface area (Å²) in [6.45, 7) is 6.89. The van der Waals surface area contributed by atoms with Crippen molar-refractivity contribution in [3.63, 3.8) is 0 Å². The molecule has 0 aromatic carbocycles. The molecule has 8 heteroatoms. The van der Waals surface area contributed by atoms with Gasteiger partial charge in [-0.05, 0) is 25.8 Å². The van der Waals surface area contributed by atoms with Crippen molar-refractivity contribution in [1.82, 2.24) is 29.5 Å². The molecule has 27 heavy (non-hydrogen) atoms. The first-order valence-corrected chi connectivity index (χ1v) is 9.61. The average molecular weight is 370 g/mol. The summed E-state index contributed by atoms with van der Waals surface area (Å²) in [6.07, 6.45) is 3.86. The Morgan fingerprint density at radius 1 is 1.04 bits per heavy atom. The van der Waals surface area contributed by atoms with Crippen molar-refractivity contribution in [1.29, 1.82) is 0 Å². The molecule has 0 saturated carbocycles. The van der Waals surface area contributed by atoms with Crippen LogP contribution < -0.4 is 0 Å². The minimum absolute atomic E-state index is 0.00169. The fourth-order valence-electron chi connectivity index (χ4n) is 3.97. The summed E-state index contributed by atoms with van der Waals surface area (Å²) in [7, 11) is 1.85. The second-order valence-electron chi connectivity index (χ2n) is 7.46. The van der Waals surface area contributed by atoms with Crippen LogP contribution in [0, 0.1) is 6.92 Å². The molecule has 2 aliphatic heterocycles. The van der Waals surface area contributed by atoms with Crippen LogP contribution in [-0.2, 0) is 11.8 Å². The highest BCUT2D eigenvalue weighted by Crippen LogP contribution is 2.18. The smallest absolute Gasteiger partial charge is 0.255 e. The zero-order chi connectivity index (χ0) is 19.0. The molecule has 2 fully saturated rings. The Kier molecular flexibility index (Phi) is 4.82. The van der Waals surface area contributed by atoms with Gasteiger partial charge >= 0.3 is 0 Å². The monoisotopic (exact) mass is 370 g/mol. The first-order chi connectivity index (χ1) is 13.0. The Balaban J connectivity index is 1.37. The van der Waals surface area contributed by atoms with Gasteiger partial charge in [0.25, 0.3) is 5.91 Å². The number of carbonyl (C=O) groups is 2. The summed E-state index contributed by atoms with van der Waals surface area (Å²) in [4.78, 5) is 35.5. The fourth-order valence-corrected chi connectivity index (χ4v) is 3.97. The molecule has 4 heterocycles. The van der Waals surface area contributed by atoms with Crippen LogP contribution in [0.15, 0.2) is 12.3 Å². The number of nitrogens with zero attached hydrogens (tertiary/aromatic N) is 6. The second-order valence-corrected chi connectivity index (χ2v) is 7.46. The van der Waals surface area contributed by atoms with Crippen molar-refractivity contribution >= 4 is 22.8 Å². The predicted octanol–water partition coefficient (Wildman–Crippen LogP) is 0.657. The van der Waals surface area contributed by atoms with Gasteiger partial charge in [0.15, 0.2) is 5.65 Å². The largest absolute Gasteiger partial charge is 0.342 e. The highest BCUT2D eigenvalue weighted by atomic mass is 16.2. The molecule has 2 amide bonds. The maximum Gasteiger partial charge on any atom is 0.255 e. The minimum atomic E-state index is -0.00169. The molecule has 0 aliphatic carbocycles. The van der Waals surface area contributed by atoms with E-state index in [0.29, 0.717) is 25.2 Å². The normalized spacial score (nSPS) is 18.4. The summed E-state index contributed by atoms with van der Waals surface area (Å²) in [5.74, 6) is 0.215. The third kappa shape index (κ3) is 3.53. The molecule has 0 N–H and O–H groups in total. The van der Waals surface area contributed by atoms with Crippen molar-refractivity contribution in [2.24, 2.45) is 7.05 Å². The number of aromatic nitrogens is 3. The van der Waals surface area contributed by atoms with E-state index < -0.39 is 0 Å². The summed E-state index contributed by atoms with van der Waals surface area (Å²) in [5.41, 5.74) is 2.26. The summed E-state index contributed by atoms with van der Waals surface area (Å²) < 4.78 is 1.73. The lowest BCUT2D eigenvalue weighted by atomic mass is 10.1. The van der Waals surface area contributed by atoms with Gasteiger partial charge in [-0.1, -0.05) is 0 Å². The number of aryl methyl sites for hydroxylation is 2. The van der Waals surface area contributed by atoms with E-state index in [1.165, 1.54) is 0 Å². The Labute approximate surface area is 158 Å². The minimum Gasteiger partial charge on any atom is -0.342 e. The SMILES string of the molecule is Cc1nn(C)c2ncc(C(=O)N3CCN(CC(=O)N4CCCC4)CC3)cc12. The van der Waals surface area contributed by atoms with Gasteiger partial charge in [0.2, 0.25) is 5.91 Å². The van der Waals surface area contributed by atoms with Crippen LogP contribution in [0.25, 0.3) is 11.0 Å². The number of likely N-dealkylation sites (tertiary alicyclic amines) is 1. The van der Waals surface area contributed by atoms with E-state index in [-0.39, 0.29) is 11.8 Å². The molecule has 2 aromatic heterocycles. The molecule has 0 spiro atoms. The van der Waals surface area contributed by atoms with Gasteiger partial charge in [0.05, 0.1) is 17.8 Å². The molecular weight excluding hydrogens is 344 g/mol. The highest BCUT2D eigenvalue weighted by molar-refractivity contribution is 5.97. The van der Waals surface area contributed by atoms with E-state index in [0.717, 1.165) is 55.7 Å². The van der Waals surface area contributed by atoms with Gasteiger partial charge in [0, 0.05) is 57.9 Å². The number of hydrogen-bond acceptors (Lipinski definition) is 5. The lowest BCUT2D eigenvalue weighted by molar-refractivity contribution is -0.131. The fraction of sp³-hybridized carbons (Fsp3) is 0.579. The molecule has 2 saturated heterocycles. The van der Waals surface area contributed by atoms with E-state index in [2.05, 4.69) is 15.0 Å². The molecule has 0 radical (unpaired) electrons. The predicted molar refractivity (Wildman–Crippen MR) is 101 cm³/mol. The molecule has 2 aromatic rings. The van der Waals surface area contributed by atoms with Crippen molar-refractivity contribution in [3.8, 4) is 0 Å². The maximum atomic E-state index is 12.9. The van der Waals surface area contributed by atoms with Crippen LogP contribution in [0.4, 0.5) is 0 Å². The first kappa shape index (κ1) is 17.9. The van der Waals surface area contributed by atoms with Gasteiger partial charge in [-0.3, -0.25) is 19.2 Å². The molecular formula is C19H26N6O2. The highest BCUT2D eigenvalue weighted by Gasteiger charge is 2.26. The molecule has 0 bridgehead atoms. The zero-order valence-corrected chi connectivity index (χ0v) is 16.0. The van der Waals surface area contributed by atoms with Crippen molar-refractivity contribution < 1.29 is 9.59 Å². The van der Waals surface area contributed by atoms with Crippen LogP contribution in [0.1, 0.15) is 28.9 Å². The van der Waals surface area contributed by atoms with E-state index in [1.54, 1.807) is 10.9 Å². The number of piperazine rings is 1. The molecule has 8 nitrogen and oxygen atoms in total. The van der Waals surface area contributed by atoms with Gasteiger partial charge in [-0.15, -0.1) is 0 Å². The lowest BCUT2D eigenvalue weighted by Crippen LogP contribution is -2.51. The van der Waals surface area contributed by atoms with E-state index in [1.807, 2.05) is 29.8 Å². The topological polar surface area (TPSA) is 74.6 Å². The maximum absolute atomic E-state index is 12.9. The third-order valence-electron chi connectivity index (χ3n) is 5.59. The van der Waals surface area contributed by atoms with Crippen molar-refractivity contribution in [2.75, 3.05) is 45.8 Å². The Hall–Kier alpha value is -2.48. The van der Waals surface area contributed by atoms with Crippen LogP contribution in [-0.4, -0.2) is 87.1 Å². The number of amides is 2. The number of rotatable bonds is 3. The molecule has 0 atom stereocenters. The van der Waals surface area contributed by atoms with Gasteiger partial charge in [-0.2, -0.15) is 5.10 Å². The Bertz CT molecular complexity index is 862. The van der Waals surface area contributed by atoms with Crippen LogP contribution in [0.3, 0.4) is 0 Å². The summed E-state index contributed by atoms with van der Waals surface area (Å²) in [6, 6.07) is 1.89. The summed E-state index contributed by atoms with van der Waals surface area (Å²) >= 11 is 0. The molecule has 144 valence electrons. The second kappa shape index (κ2) is 7.26. The van der Waals surface area contributed by atoms with E-state index in [9.17, 15) is 9.59 Å². The standard InChI is InChI=1S/C19H26N6O2/c1-14-16-11-15(12-20-18(16)22(2)21-14)19(27)25-9-7-23(8-10-25)13-17(26)24-5-3-4-6-24/h11-12H,3-10,13H2,1-2H3. The average Bonchev–Trinajstić information content (AvgIpc) is 3.31. The van der Waals surface area contributed by atoms with Crippen molar-refractivity contribution in [3.05, 3.63) is 23.5 Å². The first-order valence-electron chi connectivity index (χ1n) is 9.61. The number of carbonyl (C=O) groups excluding carboxylic acids is 2. The van der Waals surface area contributed by atoms with Crippen LogP contribution in [0.5, 0.6) is 0 Å². The Morgan fingerprint density at radius 3 is 2.44 bits per heavy atom. The van der Waals surface area contributed by atoms with E-state index >= 15 is 0 Å². The molecule has 4 rings (SSSR count). The van der Waals surface area contributed by atoms with Crippen LogP contribution in [0.2, 0.25) is 0 Å². The molecule has 2 aliphatic rings. The quantitative estimate of drug-likeness (QED) is 0.793. The number of hydrogen-bond donors (Lipinski definition) is 0. The van der Waals surface area contributed by atoms with Crippen molar-refractivity contribution in [2.45, 2.75) is 19.8 Å². The molecule has 0 unspecified atom stereocenters. The zero-order valence-electron chi connectivity index (χ0n) is 16.0. The lowest BCUT2D eigenvalue weighted by Gasteiger charge is -2.35. The summed E-state index contributed by atoms with van der Waals surface area (Å²) in [5, 5.41) is 5.27. The number of pyridine rings is 1. The Morgan fingerprint density at radius 2 is 1.74 bits per heavy atom. The van der Waals surface area contributed by atoms with E-state index in [4.69, 9.17) is 0 Å². The van der Waals surface area contributed by atoms with Gasteiger partial charge in [0.1, 0.15) is 0 Å². The third-order valence-corrected chi connectivity index (χ3v) is 5.59.